The molecular formula is C21H20BrNO2. The molecule has 0 aromatic heterocycles. The van der Waals surface area contributed by atoms with Crippen molar-refractivity contribution in [2.45, 2.75) is 32.1 Å². The molecule has 2 aliphatic rings. The van der Waals surface area contributed by atoms with Crippen molar-refractivity contribution in [3.8, 4) is 0 Å². The zero-order valence-electron chi connectivity index (χ0n) is 14.1. The molecule has 0 bridgehead atoms. The lowest BCUT2D eigenvalue weighted by Gasteiger charge is -2.28. The van der Waals surface area contributed by atoms with Gasteiger partial charge in [-0.3, -0.25) is 9.59 Å². The monoisotopic (exact) mass is 397 g/mol. The van der Waals surface area contributed by atoms with Gasteiger partial charge in [-0.25, -0.2) is 4.90 Å². The van der Waals surface area contributed by atoms with Crippen LogP contribution in [0.2, 0.25) is 0 Å². The Kier molecular flexibility index (Phi) is 4.24. The zero-order valence-corrected chi connectivity index (χ0v) is 15.7. The zero-order chi connectivity index (χ0) is 17.6. The summed E-state index contributed by atoms with van der Waals surface area (Å²) in [5.74, 6) is -0.0248. The number of rotatable bonds is 2. The molecule has 2 aromatic rings. The number of fused-ring (bicyclic) bond motifs is 1. The minimum Gasteiger partial charge on any atom is -0.274 e. The van der Waals surface area contributed by atoms with Crippen LogP contribution in [-0.4, -0.2) is 11.8 Å². The van der Waals surface area contributed by atoms with E-state index < -0.39 is 0 Å². The number of carbonyl (C=O) groups excluding carboxylic acids is 2. The fraction of sp³-hybridized carbons (Fsp3) is 0.333. The minimum atomic E-state index is -0.186. The summed E-state index contributed by atoms with van der Waals surface area (Å²) >= 11 is 3.44. The van der Waals surface area contributed by atoms with Gasteiger partial charge in [-0.15, -0.1) is 0 Å². The molecule has 128 valence electrons. The van der Waals surface area contributed by atoms with Crippen LogP contribution in [0.1, 0.15) is 36.3 Å². The number of benzene rings is 2. The van der Waals surface area contributed by atoms with Gasteiger partial charge in [0.05, 0.1) is 17.5 Å². The van der Waals surface area contributed by atoms with Gasteiger partial charge in [0.1, 0.15) is 0 Å². The summed E-state index contributed by atoms with van der Waals surface area (Å²) in [6.07, 6.45) is 2.53. The molecule has 2 fully saturated rings. The maximum Gasteiger partial charge on any atom is 0.237 e. The van der Waals surface area contributed by atoms with E-state index in [4.69, 9.17) is 0 Å². The van der Waals surface area contributed by atoms with E-state index in [1.54, 1.807) is 0 Å². The second-order valence-corrected chi connectivity index (χ2v) is 7.99. The standard InChI is InChI=1S/C21H20BrNO2/c1-13-11-16(22)8-10-19(13)23-20(24)17-9-7-15(12-18(17)21(23)25)14-5-3-2-4-6-14/h2-6,8,10-11,15,17-18H,7,9,12H2,1H3/t15-,17+,18-/m0/s1. The molecule has 3 atom stereocenters. The average Bonchev–Trinajstić information content (AvgIpc) is 2.87. The Hall–Kier alpha value is -1.94. The molecule has 1 saturated heterocycles. The van der Waals surface area contributed by atoms with E-state index in [2.05, 4.69) is 28.1 Å². The fourth-order valence-electron chi connectivity index (χ4n) is 4.31. The van der Waals surface area contributed by atoms with E-state index in [1.807, 2.05) is 43.3 Å². The van der Waals surface area contributed by atoms with Gasteiger partial charge in [-0.05, 0) is 61.4 Å². The minimum absolute atomic E-state index is 0.0214. The highest BCUT2D eigenvalue weighted by atomic mass is 79.9. The highest BCUT2D eigenvalue weighted by molar-refractivity contribution is 9.10. The number of halogens is 1. The molecule has 1 aliphatic carbocycles. The first-order chi connectivity index (χ1) is 12.1. The summed E-state index contributed by atoms with van der Waals surface area (Å²) in [6, 6.07) is 16.0. The Morgan fingerprint density at radius 2 is 1.68 bits per heavy atom. The van der Waals surface area contributed by atoms with Crippen molar-refractivity contribution in [1.82, 2.24) is 0 Å². The van der Waals surface area contributed by atoms with E-state index >= 15 is 0 Å². The van der Waals surface area contributed by atoms with Crippen LogP contribution >= 0.6 is 15.9 Å². The second-order valence-electron chi connectivity index (χ2n) is 7.08. The number of aryl methyl sites for hydroxylation is 1. The average molecular weight is 398 g/mol. The number of hydrogen-bond acceptors (Lipinski definition) is 2. The van der Waals surface area contributed by atoms with Crippen LogP contribution in [0.5, 0.6) is 0 Å². The van der Waals surface area contributed by atoms with Crippen molar-refractivity contribution >= 4 is 33.4 Å². The third-order valence-electron chi connectivity index (χ3n) is 5.60. The van der Waals surface area contributed by atoms with E-state index in [1.165, 1.54) is 10.5 Å². The first-order valence-electron chi connectivity index (χ1n) is 8.75. The molecule has 1 saturated carbocycles. The van der Waals surface area contributed by atoms with Crippen LogP contribution < -0.4 is 4.90 Å². The van der Waals surface area contributed by atoms with E-state index in [0.29, 0.717) is 5.92 Å². The molecule has 25 heavy (non-hydrogen) atoms. The highest BCUT2D eigenvalue weighted by Gasteiger charge is 2.50. The Balaban J connectivity index is 1.63. The first kappa shape index (κ1) is 16.5. The second kappa shape index (κ2) is 6.41. The quantitative estimate of drug-likeness (QED) is 0.680. The van der Waals surface area contributed by atoms with Gasteiger partial charge < -0.3 is 0 Å². The van der Waals surface area contributed by atoms with Gasteiger partial charge in [0.2, 0.25) is 11.8 Å². The van der Waals surface area contributed by atoms with E-state index in [9.17, 15) is 9.59 Å². The molecule has 1 heterocycles. The molecule has 2 amide bonds. The van der Waals surface area contributed by atoms with Gasteiger partial charge >= 0.3 is 0 Å². The van der Waals surface area contributed by atoms with Gasteiger partial charge in [0.15, 0.2) is 0 Å². The SMILES string of the molecule is Cc1cc(Br)ccc1N1C(=O)[C@H]2C[C@@H](c3ccccc3)CC[C@H]2C1=O. The molecule has 1 aliphatic heterocycles. The first-order valence-corrected chi connectivity index (χ1v) is 9.54. The topological polar surface area (TPSA) is 37.4 Å². The predicted molar refractivity (Wildman–Crippen MR) is 101 cm³/mol. The highest BCUT2D eigenvalue weighted by Crippen LogP contribution is 2.46. The van der Waals surface area contributed by atoms with Crippen LogP contribution in [0.3, 0.4) is 0 Å². The van der Waals surface area contributed by atoms with Crippen LogP contribution in [0, 0.1) is 18.8 Å². The lowest BCUT2D eigenvalue weighted by atomic mass is 9.73. The maximum atomic E-state index is 13.1. The van der Waals surface area contributed by atoms with Gasteiger partial charge in [-0.2, -0.15) is 0 Å². The Morgan fingerprint density at radius 3 is 2.40 bits per heavy atom. The smallest absolute Gasteiger partial charge is 0.237 e. The normalized spacial score (nSPS) is 26.0. The Labute approximate surface area is 156 Å². The van der Waals surface area contributed by atoms with Crippen molar-refractivity contribution in [3.63, 3.8) is 0 Å². The predicted octanol–water partition coefficient (Wildman–Crippen LogP) is 4.83. The maximum absolute atomic E-state index is 13.1. The summed E-state index contributed by atoms with van der Waals surface area (Å²) in [5, 5.41) is 0. The summed E-state index contributed by atoms with van der Waals surface area (Å²) in [5.41, 5.74) is 2.94. The van der Waals surface area contributed by atoms with Crippen LogP contribution in [0.25, 0.3) is 0 Å². The summed E-state index contributed by atoms with van der Waals surface area (Å²) in [7, 11) is 0. The molecule has 3 nitrogen and oxygen atoms in total. The molecule has 0 unspecified atom stereocenters. The largest absolute Gasteiger partial charge is 0.274 e. The molecule has 0 radical (unpaired) electrons. The van der Waals surface area contributed by atoms with Gasteiger partial charge in [0, 0.05) is 4.47 Å². The summed E-state index contributed by atoms with van der Waals surface area (Å²) < 4.78 is 0.953. The molecule has 4 rings (SSSR count). The number of carbonyl (C=O) groups is 2. The Morgan fingerprint density at radius 1 is 0.960 bits per heavy atom. The number of hydrogen-bond donors (Lipinski definition) is 0. The fourth-order valence-corrected chi connectivity index (χ4v) is 4.79. The van der Waals surface area contributed by atoms with Crippen molar-refractivity contribution in [1.29, 1.82) is 0 Å². The van der Waals surface area contributed by atoms with E-state index in [-0.39, 0.29) is 23.7 Å². The molecule has 0 N–H and O–H groups in total. The molecular weight excluding hydrogens is 378 g/mol. The molecule has 2 aromatic carbocycles. The molecule has 4 heteroatoms. The third-order valence-corrected chi connectivity index (χ3v) is 6.09. The van der Waals surface area contributed by atoms with Crippen LogP contribution in [-0.2, 0) is 9.59 Å². The third kappa shape index (κ3) is 2.82. The van der Waals surface area contributed by atoms with Crippen molar-refractivity contribution in [2.75, 3.05) is 4.90 Å². The van der Waals surface area contributed by atoms with Crippen molar-refractivity contribution < 1.29 is 9.59 Å². The van der Waals surface area contributed by atoms with Crippen molar-refractivity contribution in [3.05, 3.63) is 64.1 Å². The van der Waals surface area contributed by atoms with Crippen molar-refractivity contribution in [2.24, 2.45) is 11.8 Å². The number of nitrogens with zero attached hydrogens (tertiary/aromatic N) is 1. The van der Waals surface area contributed by atoms with E-state index in [0.717, 1.165) is 35.0 Å². The lowest BCUT2D eigenvalue weighted by Crippen LogP contribution is -2.31. The Bertz CT molecular complexity index is 833. The summed E-state index contributed by atoms with van der Waals surface area (Å²) in [6.45, 7) is 1.94. The summed E-state index contributed by atoms with van der Waals surface area (Å²) in [4.78, 5) is 27.4. The lowest BCUT2D eigenvalue weighted by molar-refractivity contribution is -0.122. The molecule has 0 spiro atoms. The number of imide groups is 1. The van der Waals surface area contributed by atoms with Gasteiger partial charge in [0.25, 0.3) is 0 Å². The van der Waals surface area contributed by atoms with Gasteiger partial charge in [-0.1, -0.05) is 46.3 Å². The number of anilines is 1. The van der Waals surface area contributed by atoms with Crippen LogP contribution in [0.15, 0.2) is 53.0 Å². The number of amides is 2. The van der Waals surface area contributed by atoms with Crippen LogP contribution in [0.4, 0.5) is 5.69 Å².